The largest absolute Gasteiger partial charge is 0.493 e. The molecule has 3 N–H and O–H groups in total. The highest BCUT2D eigenvalue weighted by molar-refractivity contribution is 5.98. The number of nitrogens with one attached hydrogen (secondary N) is 1. The van der Waals surface area contributed by atoms with Crippen molar-refractivity contribution >= 4 is 17.3 Å². The molecule has 0 aliphatic carbocycles. The highest BCUT2D eigenvalue weighted by atomic mass is 19.1. The summed E-state index contributed by atoms with van der Waals surface area (Å²) in [5.41, 5.74) is 7.23. The maximum Gasteiger partial charge on any atom is 0.232 e. The second kappa shape index (κ2) is 5.44. The number of nitrogens with two attached hydrogens (primary N) is 1. The normalized spacial score (nSPS) is 16.7. The Kier molecular flexibility index (Phi) is 3.48. The molecule has 5 heteroatoms. The molecule has 0 fully saturated rings. The standard InChI is InChI=1S/C16H15FN2O2/c17-10-5-6-13(18)14(9-10)19-16(20)12-7-8-21-15-4-2-1-3-11(12)15/h1-6,9,12H,7-8,18H2,(H,19,20). The maximum absolute atomic E-state index is 13.3. The molecule has 2 aromatic carbocycles. The number of benzene rings is 2. The number of nitrogen functional groups attached to an aromatic ring is 1. The van der Waals surface area contributed by atoms with Gasteiger partial charge in [0.25, 0.3) is 0 Å². The van der Waals surface area contributed by atoms with Gasteiger partial charge in [-0.15, -0.1) is 0 Å². The van der Waals surface area contributed by atoms with Crippen LogP contribution < -0.4 is 15.8 Å². The molecule has 0 saturated carbocycles. The van der Waals surface area contributed by atoms with Crippen LogP contribution in [0.2, 0.25) is 0 Å². The van der Waals surface area contributed by atoms with E-state index in [2.05, 4.69) is 5.32 Å². The summed E-state index contributed by atoms with van der Waals surface area (Å²) >= 11 is 0. The van der Waals surface area contributed by atoms with E-state index in [4.69, 9.17) is 10.5 Å². The highest BCUT2D eigenvalue weighted by Crippen LogP contribution is 2.34. The number of ether oxygens (including phenoxy) is 1. The summed E-state index contributed by atoms with van der Waals surface area (Å²) in [7, 11) is 0. The molecule has 1 amide bonds. The second-order valence-corrected chi connectivity index (χ2v) is 4.95. The molecule has 1 unspecified atom stereocenters. The smallest absolute Gasteiger partial charge is 0.232 e. The van der Waals surface area contributed by atoms with Crippen molar-refractivity contribution in [1.82, 2.24) is 0 Å². The summed E-state index contributed by atoms with van der Waals surface area (Å²) in [5.74, 6) is -0.247. The number of carbonyl (C=O) groups excluding carboxylic acids is 1. The summed E-state index contributed by atoms with van der Waals surface area (Å²) in [6.45, 7) is 0.480. The number of halogens is 1. The van der Waals surface area contributed by atoms with Crippen LogP contribution in [0, 0.1) is 5.82 Å². The first-order valence-corrected chi connectivity index (χ1v) is 6.73. The van der Waals surface area contributed by atoms with Gasteiger partial charge in [0.1, 0.15) is 11.6 Å². The Bertz CT molecular complexity index is 688. The van der Waals surface area contributed by atoms with Crippen LogP contribution in [-0.4, -0.2) is 12.5 Å². The fourth-order valence-corrected chi connectivity index (χ4v) is 2.47. The van der Waals surface area contributed by atoms with Crippen LogP contribution in [0.3, 0.4) is 0 Å². The molecule has 0 radical (unpaired) electrons. The summed E-state index contributed by atoms with van der Waals surface area (Å²) in [4.78, 5) is 12.4. The zero-order valence-electron chi connectivity index (χ0n) is 11.3. The molecule has 3 rings (SSSR count). The Labute approximate surface area is 121 Å². The molecular formula is C16H15FN2O2. The van der Waals surface area contributed by atoms with Gasteiger partial charge in [0.2, 0.25) is 5.91 Å². The van der Waals surface area contributed by atoms with Crippen LogP contribution in [0.4, 0.5) is 15.8 Å². The average Bonchev–Trinajstić information content (AvgIpc) is 2.50. The van der Waals surface area contributed by atoms with E-state index in [-0.39, 0.29) is 11.8 Å². The molecule has 21 heavy (non-hydrogen) atoms. The van der Waals surface area contributed by atoms with Crippen molar-refractivity contribution in [3.8, 4) is 5.75 Å². The van der Waals surface area contributed by atoms with E-state index in [1.54, 1.807) is 0 Å². The summed E-state index contributed by atoms with van der Waals surface area (Å²) in [6.07, 6.45) is 0.581. The SMILES string of the molecule is Nc1ccc(F)cc1NC(=O)C1CCOc2ccccc21. The van der Waals surface area contributed by atoms with E-state index in [1.807, 2.05) is 24.3 Å². The molecular weight excluding hydrogens is 271 g/mol. The van der Waals surface area contributed by atoms with Crippen molar-refractivity contribution in [3.63, 3.8) is 0 Å². The molecule has 108 valence electrons. The van der Waals surface area contributed by atoms with Gasteiger partial charge in [0.15, 0.2) is 0 Å². The highest BCUT2D eigenvalue weighted by Gasteiger charge is 2.27. The number of anilines is 2. The van der Waals surface area contributed by atoms with Gasteiger partial charge >= 0.3 is 0 Å². The molecule has 4 nitrogen and oxygen atoms in total. The molecule has 0 aromatic heterocycles. The van der Waals surface area contributed by atoms with E-state index >= 15 is 0 Å². The zero-order valence-corrected chi connectivity index (χ0v) is 11.3. The lowest BCUT2D eigenvalue weighted by Crippen LogP contribution is -2.26. The van der Waals surface area contributed by atoms with E-state index in [0.717, 1.165) is 11.3 Å². The number of hydrogen-bond donors (Lipinski definition) is 2. The minimum absolute atomic E-state index is 0.206. The predicted molar refractivity (Wildman–Crippen MR) is 78.7 cm³/mol. The molecule has 0 bridgehead atoms. The first-order chi connectivity index (χ1) is 10.1. The van der Waals surface area contributed by atoms with Gasteiger partial charge in [-0.1, -0.05) is 18.2 Å². The van der Waals surface area contributed by atoms with E-state index in [1.165, 1.54) is 18.2 Å². The quantitative estimate of drug-likeness (QED) is 0.834. The number of hydrogen-bond acceptors (Lipinski definition) is 3. The number of fused-ring (bicyclic) bond motifs is 1. The summed E-state index contributed by atoms with van der Waals surface area (Å²) < 4.78 is 18.8. The van der Waals surface area contributed by atoms with Crippen LogP contribution in [0.25, 0.3) is 0 Å². The first-order valence-electron chi connectivity index (χ1n) is 6.73. The lowest BCUT2D eigenvalue weighted by atomic mass is 9.92. The number of para-hydroxylation sites is 1. The van der Waals surface area contributed by atoms with Gasteiger partial charge in [0.05, 0.1) is 23.9 Å². The zero-order chi connectivity index (χ0) is 14.8. The van der Waals surface area contributed by atoms with Crippen LogP contribution in [0.5, 0.6) is 5.75 Å². The second-order valence-electron chi connectivity index (χ2n) is 4.95. The van der Waals surface area contributed by atoms with Gasteiger partial charge in [-0.25, -0.2) is 4.39 Å². The van der Waals surface area contributed by atoms with Gasteiger partial charge < -0.3 is 15.8 Å². The lowest BCUT2D eigenvalue weighted by Gasteiger charge is -2.25. The van der Waals surface area contributed by atoms with Crippen molar-refractivity contribution in [2.24, 2.45) is 0 Å². The van der Waals surface area contributed by atoms with E-state index < -0.39 is 5.82 Å². The maximum atomic E-state index is 13.3. The van der Waals surface area contributed by atoms with E-state index in [9.17, 15) is 9.18 Å². The van der Waals surface area contributed by atoms with E-state index in [0.29, 0.717) is 24.4 Å². The Balaban J connectivity index is 1.85. The number of amides is 1. The number of rotatable bonds is 2. The Morgan fingerprint density at radius 1 is 1.29 bits per heavy atom. The van der Waals surface area contributed by atoms with Crippen molar-refractivity contribution in [2.75, 3.05) is 17.7 Å². The first kappa shape index (κ1) is 13.4. The average molecular weight is 286 g/mol. The predicted octanol–water partition coefficient (Wildman–Crippen LogP) is 2.91. The van der Waals surface area contributed by atoms with Gasteiger partial charge in [0, 0.05) is 5.56 Å². The minimum atomic E-state index is -0.438. The Hall–Kier alpha value is -2.56. The van der Waals surface area contributed by atoms with Crippen LogP contribution in [-0.2, 0) is 4.79 Å². The Morgan fingerprint density at radius 2 is 2.10 bits per heavy atom. The fourth-order valence-electron chi connectivity index (χ4n) is 2.47. The molecule has 1 heterocycles. The minimum Gasteiger partial charge on any atom is -0.493 e. The van der Waals surface area contributed by atoms with Crippen LogP contribution in [0.1, 0.15) is 17.9 Å². The van der Waals surface area contributed by atoms with Crippen LogP contribution in [0.15, 0.2) is 42.5 Å². The molecule has 2 aromatic rings. The summed E-state index contributed by atoms with van der Waals surface area (Å²) in [5, 5.41) is 2.70. The molecule has 1 aliphatic heterocycles. The third-order valence-corrected chi connectivity index (χ3v) is 3.55. The molecule has 0 spiro atoms. The fraction of sp³-hybridized carbons (Fsp3) is 0.188. The number of carbonyl (C=O) groups is 1. The van der Waals surface area contributed by atoms with Crippen molar-refractivity contribution in [2.45, 2.75) is 12.3 Å². The third-order valence-electron chi connectivity index (χ3n) is 3.55. The third kappa shape index (κ3) is 2.67. The molecule has 1 aliphatic rings. The van der Waals surface area contributed by atoms with Gasteiger partial charge in [-0.05, 0) is 30.7 Å². The lowest BCUT2D eigenvalue weighted by molar-refractivity contribution is -0.118. The Morgan fingerprint density at radius 3 is 2.95 bits per heavy atom. The molecule has 1 atom stereocenters. The summed E-state index contributed by atoms with van der Waals surface area (Å²) in [6, 6.07) is 11.4. The van der Waals surface area contributed by atoms with Crippen LogP contribution >= 0.6 is 0 Å². The van der Waals surface area contributed by atoms with Crippen molar-refractivity contribution < 1.29 is 13.9 Å². The molecule has 0 saturated heterocycles. The topological polar surface area (TPSA) is 64.3 Å². The van der Waals surface area contributed by atoms with Gasteiger partial charge in [-0.2, -0.15) is 0 Å². The van der Waals surface area contributed by atoms with Crippen molar-refractivity contribution in [3.05, 3.63) is 53.8 Å². The van der Waals surface area contributed by atoms with Gasteiger partial charge in [-0.3, -0.25) is 4.79 Å². The monoisotopic (exact) mass is 286 g/mol. The van der Waals surface area contributed by atoms with Crippen molar-refractivity contribution in [1.29, 1.82) is 0 Å².